The standard InChI is InChI=1S/C19H26N2O5/c1-25-9-4-10-26-16-7-2-6-15(11-16)20-18(24)21-12-14-5-3-8-19(14,13-21)17(22)23/h2,6-7,11,14H,3-5,8-10,12-13H2,1H3,(H,20,24)(H,22,23)/t14-,19+/m0/s1. The van der Waals surface area contributed by atoms with E-state index in [4.69, 9.17) is 9.47 Å². The lowest BCUT2D eigenvalue weighted by molar-refractivity contribution is -0.149. The molecule has 1 saturated heterocycles. The number of aliphatic carboxylic acids is 1. The van der Waals surface area contributed by atoms with E-state index in [1.165, 1.54) is 0 Å². The number of anilines is 1. The molecule has 1 aromatic rings. The second-order valence-electron chi connectivity index (χ2n) is 7.08. The maximum absolute atomic E-state index is 12.6. The molecule has 7 nitrogen and oxygen atoms in total. The summed E-state index contributed by atoms with van der Waals surface area (Å²) in [5.74, 6) is -0.0397. The van der Waals surface area contributed by atoms with Crippen LogP contribution in [-0.4, -0.2) is 55.4 Å². The molecule has 1 aromatic carbocycles. The summed E-state index contributed by atoms with van der Waals surface area (Å²) in [6.07, 6.45) is 3.25. The molecule has 2 N–H and O–H groups in total. The molecular formula is C19H26N2O5. The quantitative estimate of drug-likeness (QED) is 0.728. The van der Waals surface area contributed by atoms with Gasteiger partial charge < -0.3 is 24.8 Å². The maximum atomic E-state index is 12.6. The average Bonchev–Trinajstić information content (AvgIpc) is 3.17. The molecule has 1 saturated carbocycles. The molecule has 1 aliphatic carbocycles. The number of carboxylic acids is 1. The molecule has 1 aliphatic heterocycles. The number of amides is 2. The first-order valence-corrected chi connectivity index (χ1v) is 9.06. The Balaban J connectivity index is 1.58. The molecule has 3 rings (SSSR count). The number of hydrogen-bond acceptors (Lipinski definition) is 4. The number of benzene rings is 1. The number of rotatable bonds is 7. The summed E-state index contributed by atoms with van der Waals surface area (Å²) in [5, 5.41) is 12.5. The maximum Gasteiger partial charge on any atom is 0.321 e. The van der Waals surface area contributed by atoms with E-state index in [9.17, 15) is 14.7 Å². The minimum Gasteiger partial charge on any atom is -0.493 e. The van der Waals surface area contributed by atoms with Crippen LogP contribution in [0.5, 0.6) is 5.75 Å². The van der Waals surface area contributed by atoms with Crippen LogP contribution >= 0.6 is 0 Å². The summed E-state index contributed by atoms with van der Waals surface area (Å²) in [6.45, 7) is 1.97. The highest BCUT2D eigenvalue weighted by molar-refractivity contribution is 5.90. The van der Waals surface area contributed by atoms with Crippen molar-refractivity contribution >= 4 is 17.7 Å². The van der Waals surface area contributed by atoms with Gasteiger partial charge in [0.2, 0.25) is 0 Å². The van der Waals surface area contributed by atoms with Crippen LogP contribution in [0.4, 0.5) is 10.5 Å². The Morgan fingerprint density at radius 2 is 2.23 bits per heavy atom. The Morgan fingerprint density at radius 3 is 2.96 bits per heavy atom. The third kappa shape index (κ3) is 3.77. The lowest BCUT2D eigenvalue weighted by Gasteiger charge is -2.23. The second-order valence-corrected chi connectivity index (χ2v) is 7.08. The fourth-order valence-corrected chi connectivity index (χ4v) is 4.05. The van der Waals surface area contributed by atoms with Crippen molar-refractivity contribution < 1.29 is 24.2 Å². The van der Waals surface area contributed by atoms with Gasteiger partial charge in [0.1, 0.15) is 5.75 Å². The molecular weight excluding hydrogens is 336 g/mol. The number of carboxylic acid groups (broad SMARTS) is 1. The van der Waals surface area contributed by atoms with E-state index >= 15 is 0 Å². The normalized spacial score (nSPS) is 24.3. The SMILES string of the molecule is COCCCOc1cccc(NC(=O)N2C[C@@H]3CCC[C@@]3(C(=O)O)C2)c1. The summed E-state index contributed by atoms with van der Waals surface area (Å²) in [5.41, 5.74) is -0.121. The fourth-order valence-electron chi connectivity index (χ4n) is 4.05. The van der Waals surface area contributed by atoms with E-state index in [0.717, 1.165) is 19.3 Å². The van der Waals surface area contributed by atoms with Gasteiger partial charge in [-0.3, -0.25) is 4.79 Å². The van der Waals surface area contributed by atoms with Gasteiger partial charge in [0.15, 0.2) is 0 Å². The predicted octanol–water partition coefficient (Wildman–Crippen LogP) is 2.82. The Bertz CT molecular complexity index is 665. The van der Waals surface area contributed by atoms with Crippen molar-refractivity contribution in [3.8, 4) is 5.75 Å². The Labute approximate surface area is 153 Å². The van der Waals surface area contributed by atoms with Crippen LogP contribution in [0, 0.1) is 11.3 Å². The lowest BCUT2D eigenvalue weighted by Crippen LogP contribution is -2.38. The van der Waals surface area contributed by atoms with Gasteiger partial charge in [0.05, 0.1) is 12.0 Å². The van der Waals surface area contributed by atoms with Crippen LogP contribution in [0.15, 0.2) is 24.3 Å². The van der Waals surface area contributed by atoms with Crippen molar-refractivity contribution in [3.63, 3.8) is 0 Å². The van der Waals surface area contributed by atoms with Gasteiger partial charge in [0.25, 0.3) is 0 Å². The number of carbonyl (C=O) groups excluding carboxylic acids is 1. The topological polar surface area (TPSA) is 88.1 Å². The van der Waals surface area contributed by atoms with E-state index in [1.807, 2.05) is 12.1 Å². The molecule has 2 aliphatic rings. The number of ether oxygens (including phenoxy) is 2. The predicted molar refractivity (Wildman–Crippen MR) is 96.4 cm³/mol. The van der Waals surface area contributed by atoms with Gasteiger partial charge in [-0.2, -0.15) is 0 Å². The van der Waals surface area contributed by atoms with E-state index in [-0.39, 0.29) is 18.5 Å². The average molecular weight is 362 g/mol. The first kappa shape index (κ1) is 18.5. The van der Waals surface area contributed by atoms with E-state index in [0.29, 0.717) is 37.6 Å². The third-order valence-electron chi connectivity index (χ3n) is 5.43. The number of nitrogens with one attached hydrogen (secondary N) is 1. The summed E-state index contributed by atoms with van der Waals surface area (Å²) in [7, 11) is 1.65. The smallest absolute Gasteiger partial charge is 0.321 e. The number of methoxy groups -OCH3 is 1. The van der Waals surface area contributed by atoms with Crippen molar-refractivity contribution in [3.05, 3.63) is 24.3 Å². The van der Waals surface area contributed by atoms with Gasteiger partial charge >= 0.3 is 12.0 Å². The summed E-state index contributed by atoms with van der Waals surface area (Å²) in [6, 6.07) is 6.97. The highest BCUT2D eigenvalue weighted by Gasteiger charge is 2.55. The van der Waals surface area contributed by atoms with E-state index < -0.39 is 11.4 Å². The van der Waals surface area contributed by atoms with Crippen molar-refractivity contribution in [1.29, 1.82) is 0 Å². The molecule has 0 unspecified atom stereocenters. The van der Waals surface area contributed by atoms with E-state index in [1.54, 1.807) is 24.1 Å². The van der Waals surface area contributed by atoms with Crippen LogP contribution in [0.3, 0.4) is 0 Å². The first-order chi connectivity index (χ1) is 12.5. The fraction of sp³-hybridized carbons (Fsp3) is 0.579. The number of hydrogen-bond donors (Lipinski definition) is 2. The molecule has 26 heavy (non-hydrogen) atoms. The van der Waals surface area contributed by atoms with Gasteiger partial charge in [-0.1, -0.05) is 12.5 Å². The molecule has 2 atom stereocenters. The zero-order valence-corrected chi connectivity index (χ0v) is 15.1. The zero-order valence-electron chi connectivity index (χ0n) is 15.1. The van der Waals surface area contributed by atoms with Crippen LogP contribution in [0.1, 0.15) is 25.7 Å². The molecule has 0 spiro atoms. The molecule has 0 aromatic heterocycles. The molecule has 1 heterocycles. The summed E-state index contributed by atoms with van der Waals surface area (Å²) < 4.78 is 10.6. The van der Waals surface area contributed by atoms with Gasteiger partial charge in [0, 0.05) is 45.0 Å². The molecule has 2 fully saturated rings. The summed E-state index contributed by atoms with van der Waals surface area (Å²) >= 11 is 0. The lowest BCUT2D eigenvalue weighted by atomic mass is 9.81. The molecule has 0 radical (unpaired) electrons. The van der Waals surface area contributed by atoms with Crippen LogP contribution in [0.25, 0.3) is 0 Å². The number of nitrogens with zero attached hydrogens (tertiary/aromatic N) is 1. The minimum atomic E-state index is -0.776. The number of urea groups is 1. The molecule has 0 bridgehead atoms. The van der Waals surface area contributed by atoms with Gasteiger partial charge in [-0.25, -0.2) is 4.79 Å². The van der Waals surface area contributed by atoms with Crippen molar-refractivity contribution in [2.45, 2.75) is 25.7 Å². The van der Waals surface area contributed by atoms with Crippen LogP contribution < -0.4 is 10.1 Å². The molecule has 142 valence electrons. The number of carbonyl (C=O) groups is 2. The van der Waals surface area contributed by atoms with Gasteiger partial charge in [-0.15, -0.1) is 0 Å². The van der Waals surface area contributed by atoms with E-state index in [2.05, 4.69) is 5.32 Å². The Kier molecular flexibility index (Phi) is 5.66. The third-order valence-corrected chi connectivity index (χ3v) is 5.43. The van der Waals surface area contributed by atoms with Crippen molar-refractivity contribution in [2.75, 3.05) is 38.7 Å². The summed E-state index contributed by atoms with van der Waals surface area (Å²) in [4.78, 5) is 26.0. The highest BCUT2D eigenvalue weighted by atomic mass is 16.5. The second kappa shape index (κ2) is 7.95. The number of fused-ring (bicyclic) bond motifs is 1. The highest BCUT2D eigenvalue weighted by Crippen LogP contribution is 2.48. The Morgan fingerprint density at radius 1 is 1.38 bits per heavy atom. The Hall–Kier alpha value is -2.28. The monoisotopic (exact) mass is 362 g/mol. The van der Waals surface area contributed by atoms with Crippen LogP contribution in [0.2, 0.25) is 0 Å². The van der Waals surface area contributed by atoms with Crippen molar-refractivity contribution in [1.82, 2.24) is 4.90 Å². The van der Waals surface area contributed by atoms with Crippen LogP contribution in [-0.2, 0) is 9.53 Å². The largest absolute Gasteiger partial charge is 0.493 e. The molecule has 7 heteroatoms. The molecule has 2 amide bonds. The van der Waals surface area contributed by atoms with Crippen molar-refractivity contribution in [2.24, 2.45) is 11.3 Å². The minimum absolute atomic E-state index is 0.0567. The van der Waals surface area contributed by atoms with Gasteiger partial charge in [-0.05, 0) is 30.9 Å². The number of likely N-dealkylation sites (tertiary alicyclic amines) is 1. The zero-order chi connectivity index (χ0) is 18.6. The first-order valence-electron chi connectivity index (χ1n) is 9.06.